The third kappa shape index (κ3) is 2.56. The van der Waals surface area contributed by atoms with Crippen molar-refractivity contribution in [2.45, 2.75) is 37.8 Å². The highest BCUT2D eigenvalue weighted by Gasteiger charge is 2.42. The summed E-state index contributed by atoms with van der Waals surface area (Å²) >= 11 is 3.51. The van der Waals surface area contributed by atoms with Crippen LogP contribution in [-0.4, -0.2) is 25.0 Å². The molecular weight excluding hydrogens is 306 g/mol. The van der Waals surface area contributed by atoms with Crippen LogP contribution >= 0.6 is 15.9 Å². The van der Waals surface area contributed by atoms with Gasteiger partial charge in [-0.05, 0) is 43.0 Å². The van der Waals surface area contributed by atoms with Crippen molar-refractivity contribution in [1.29, 1.82) is 0 Å². The number of benzene rings is 1. The highest BCUT2D eigenvalue weighted by molar-refractivity contribution is 9.10. The van der Waals surface area contributed by atoms with Gasteiger partial charge in [0.2, 0.25) is 0 Å². The Labute approximate surface area is 121 Å². The SMILES string of the molecule is COc1ccc(Br)c(CC(=O)C2CC3CCC2N3)c1. The fourth-order valence-electron chi connectivity index (χ4n) is 3.31. The molecule has 2 heterocycles. The van der Waals surface area contributed by atoms with E-state index >= 15 is 0 Å². The van der Waals surface area contributed by atoms with Crippen LogP contribution in [0.4, 0.5) is 0 Å². The van der Waals surface area contributed by atoms with Gasteiger partial charge in [0, 0.05) is 28.9 Å². The molecule has 2 fully saturated rings. The summed E-state index contributed by atoms with van der Waals surface area (Å²) in [6.07, 6.45) is 3.90. The molecule has 3 unspecified atom stereocenters. The average Bonchev–Trinajstić information content (AvgIpc) is 3.03. The van der Waals surface area contributed by atoms with Crippen LogP contribution in [0.15, 0.2) is 22.7 Å². The molecule has 2 aliphatic heterocycles. The molecule has 4 heteroatoms. The monoisotopic (exact) mass is 323 g/mol. The Bertz CT molecular complexity index is 503. The van der Waals surface area contributed by atoms with Crippen molar-refractivity contribution in [2.24, 2.45) is 5.92 Å². The molecule has 1 aromatic rings. The molecule has 1 aromatic carbocycles. The van der Waals surface area contributed by atoms with Crippen LogP contribution in [-0.2, 0) is 11.2 Å². The van der Waals surface area contributed by atoms with Crippen molar-refractivity contribution < 1.29 is 9.53 Å². The standard InChI is InChI=1S/C15H18BrNO2/c1-19-11-3-4-13(16)9(6-11)7-15(18)12-8-10-2-5-14(12)17-10/h3-4,6,10,12,14,17H,2,5,7-8H2,1H3. The van der Waals surface area contributed by atoms with Crippen molar-refractivity contribution >= 4 is 21.7 Å². The molecule has 0 amide bonds. The number of nitrogens with one attached hydrogen (secondary N) is 1. The van der Waals surface area contributed by atoms with E-state index in [0.29, 0.717) is 24.3 Å². The number of hydrogen-bond donors (Lipinski definition) is 1. The zero-order valence-electron chi connectivity index (χ0n) is 11.0. The quantitative estimate of drug-likeness (QED) is 0.925. The molecule has 0 aliphatic carbocycles. The highest BCUT2D eigenvalue weighted by Crippen LogP contribution is 2.35. The first-order valence-corrected chi connectivity index (χ1v) is 7.58. The molecule has 0 saturated carbocycles. The van der Waals surface area contributed by atoms with Crippen LogP contribution in [0.3, 0.4) is 0 Å². The molecule has 2 saturated heterocycles. The lowest BCUT2D eigenvalue weighted by atomic mass is 9.84. The lowest BCUT2D eigenvalue weighted by Gasteiger charge is -2.19. The first kappa shape index (κ1) is 13.1. The smallest absolute Gasteiger partial charge is 0.141 e. The summed E-state index contributed by atoms with van der Waals surface area (Å²) in [5.74, 6) is 1.36. The molecule has 0 spiro atoms. The Morgan fingerprint density at radius 3 is 2.95 bits per heavy atom. The van der Waals surface area contributed by atoms with Crippen LogP contribution in [0.5, 0.6) is 5.75 Å². The minimum atomic E-state index is 0.205. The van der Waals surface area contributed by atoms with Gasteiger partial charge >= 0.3 is 0 Å². The number of halogens is 1. The number of ether oxygens (including phenoxy) is 1. The van der Waals surface area contributed by atoms with Crippen LogP contribution in [0.2, 0.25) is 0 Å². The van der Waals surface area contributed by atoms with Gasteiger partial charge in [-0.2, -0.15) is 0 Å². The van der Waals surface area contributed by atoms with E-state index in [2.05, 4.69) is 21.2 Å². The first-order valence-electron chi connectivity index (χ1n) is 6.78. The largest absolute Gasteiger partial charge is 0.497 e. The van der Waals surface area contributed by atoms with Crippen LogP contribution in [0.25, 0.3) is 0 Å². The van der Waals surface area contributed by atoms with E-state index in [1.165, 1.54) is 6.42 Å². The number of carbonyl (C=O) groups excluding carboxylic acids is 1. The van der Waals surface area contributed by atoms with Crippen LogP contribution < -0.4 is 10.1 Å². The van der Waals surface area contributed by atoms with E-state index in [1.807, 2.05) is 18.2 Å². The van der Waals surface area contributed by atoms with Crippen molar-refractivity contribution in [3.63, 3.8) is 0 Å². The highest BCUT2D eigenvalue weighted by atomic mass is 79.9. The lowest BCUT2D eigenvalue weighted by Crippen LogP contribution is -2.29. The van der Waals surface area contributed by atoms with Crippen molar-refractivity contribution in [3.05, 3.63) is 28.2 Å². The maximum absolute atomic E-state index is 12.5. The predicted molar refractivity (Wildman–Crippen MR) is 77.5 cm³/mol. The fourth-order valence-corrected chi connectivity index (χ4v) is 3.70. The summed E-state index contributed by atoms with van der Waals surface area (Å²) in [6, 6.07) is 6.79. The van der Waals surface area contributed by atoms with Gasteiger partial charge in [-0.1, -0.05) is 15.9 Å². The van der Waals surface area contributed by atoms with Crippen LogP contribution in [0.1, 0.15) is 24.8 Å². The summed E-state index contributed by atoms with van der Waals surface area (Å²) < 4.78 is 6.21. The van der Waals surface area contributed by atoms with E-state index < -0.39 is 0 Å². The van der Waals surface area contributed by atoms with Crippen molar-refractivity contribution in [2.75, 3.05) is 7.11 Å². The minimum absolute atomic E-state index is 0.205. The Morgan fingerprint density at radius 1 is 1.47 bits per heavy atom. The molecule has 2 aliphatic rings. The van der Waals surface area contributed by atoms with E-state index in [-0.39, 0.29) is 5.92 Å². The molecule has 0 aromatic heterocycles. The molecule has 3 rings (SSSR count). The number of hydrogen-bond acceptors (Lipinski definition) is 3. The first-order chi connectivity index (χ1) is 9.17. The maximum atomic E-state index is 12.5. The number of fused-ring (bicyclic) bond motifs is 2. The van der Waals surface area contributed by atoms with Gasteiger partial charge in [-0.25, -0.2) is 0 Å². The van der Waals surface area contributed by atoms with Gasteiger partial charge in [0.15, 0.2) is 0 Å². The summed E-state index contributed by atoms with van der Waals surface area (Å²) in [5.41, 5.74) is 1.02. The maximum Gasteiger partial charge on any atom is 0.141 e. The Balaban J connectivity index is 1.72. The van der Waals surface area contributed by atoms with E-state index in [0.717, 1.165) is 28.6 Å². The summed E-state index contributed by atoms with van der Waals surface area (Å²) in [6.45, 7) is 0. The lowest BCUT2D eigenvalue weighted by molar-refractivity contribution is -0.122. The topological polar surface area (TPSA) is 38.3 Å². The summed E-state index contributed by atoms with van der Waals surface area (Å²) in [7, 11) is 1.65. The number of ketones is 1. The molecule has 1 N–H and O–H groups in total. The molecule has 0 radical (unpaired) electrons. The van der Waals surface area contributed by atoms with E-state index in [4.69, 9.17) is 4.74 Å². The second kappa shape index (κ2) is 5.25. The van der Waals surface area contributed by atoms with Gasteiger partial charge in [-0.15, -0.1) is 0 Å². The molecular formula is C15H18BrNO2. The predicted octanol–water partition coefficient (Wildman–Crippen LogP) is 2.71. The normalized spacial score (nSPS) is 28.6. The van der Waals surface area contributed by atoms with Gasteiger partial charge in [0.25, 0.3) is 0 Å². The van der Waals surface area contributed by atoms with E-state index in [1.54, 1.807) is 7.11 Å². The third-order valence-corrected chi connectivity index (χ3v) is 5.10. The van der Waals surface area contributed by atoms with Gasteiger partial charge < -0.3 is 10.1 Å². The second-order valence-electron chi connectivity index (χ2n) is 5.49. The number of Topliss-reactive ketones (excluding diaryl/α,β-unsaturated/α-hetero) is 1. The van der Waals surface area contributed by atoms with E-state index in [9.17, 15) is 4.79 Å². The zero-order chi connectivity index (χ0) is 13.4. The molecule has 102 valence electrons. The number of methoxy groups -OCH3 is 1. The Kier molecular flexibility index (Phi) is 3.63. The van der Waals surface area contributed by atoms with Crippen molar-refractivity contribution in [1.82, 2.24) is 5.32 Å². The number of carbonyl (C=O) groups is 1. The average molecular weight is 324 g/mol. The third-order valence-electron chi connectivity index (χ3n) is 4.33. The van der Waals surface area contributed by atoms with Crippen molar-refractivity contribution in [3.8, 4) is 5.75 Å². The number of rotatable bonds is 4. The zero-order valence-corrected chi connectivity index (χ0v) is 12.6. The van der Waals surface area contributed by atoms with Gasteiger partial charge in [0.1, 0.15) is 11.5 Å². The molecule has 3 nitrogen and oxygen atoms in total. The van der Waals surface area contributed by atoms with Crippen LogP contribution in [0, 0.1) is 5.92 Å². The fraction of sp³-hybridized carbons (Fsp3) is 0.533. The van der Waals surface area contributed by atoms with Gasteiger partial charge in [0.05, 0.1) is 7.11 Å². The van der Waals surface area contributed by atoms with Gasteiger partial charge in [-0.3, -0.25) is 4.79 Å². The minimum Gasteiger partial charge on any atom is -0.497 e. The summed E-state index contributed by atoms with van der Waals surface area (Å²) in [4.78, 5) is 12.5. The Hall–Kier alpha value is -0.870. The summed E-state index contributed by atoms with van der Waals surface area (Å²) in [5, 5.41) is 3.52. The Morgan fingerprint density at radius 2 is 2.32 bits per heavy atom. The molecule has 2 bridgehead atoms. The second-order valence-corrected chi connectivity index (χ2v) is 6.34. The molecule has 19 heavy (non-hydrogen) atoms. The molecule has 3 atom stereocenters.